The lowest BCUT2D eigenvalue weighted by Gasteiger charge is -2.27. The maximum Gasteiger partial charge on any atom is 0.329 e. The fourth-order valence-electron chi connectivity index (χ4n) is 1.90. The molecule has 2 atom stereocenters. The van der Waals surface area contributed by atoms with Crippen molar-refractivity contribution in [2.45, 2.75) is 31.3 Å². The standard InChI is InChI=1S/C10H16N2O3S/c1-10(9(14)15,6-2-3-6)12-8(13)7-4-16-5-11-7/h6-7,11H,2-5H2,1H3,(H,12,13)(H,14,15). The van der Waals surface area contributed by atoms with Crippen molar-refractivity contribution in [3.8, 4) is 0 Å². The van der Waals surface area contributed by atoms with Gasteiger partial charge in [0.1, 0.15) is 5.54 Å². The topological polar surface area (TPSA) is 78.4 Å². The summed E-state index contributed by atoms with van der Waals surface area (Å²) < 4.78 is 0. The Hall–Kier alpha value is -0.750. The van der Waals surface area contributed by atoms with Crippen molar-refractivity contribution in [1.29, 1.82) is 0 Å². The average molecular weight is 244 g/mol. The van der Waals surface area contributed by atoms with E-state index in [0.717, 1.165) is 18.7 Å². The van der Waals surface area contributed by atoms with Gasteiger partial charge in [-0.15, -0.1) is 11.8 Å². The maximum atomic E-state index is 11.8. The second-order valence-electron chi connectivity index (χ2n) is 4.54. The van der Waals surface area contributed by atoms with Gasteiger partial charge in [-0.2, -0.15) is 0 Å². The molecule has 0 aromatic carbocycles. The molecule has 0 aromatic heterocycles. The normalized spacial score (nSPS) is 28.4. The minimum Gasteiger partial charge on any atom is -0.480 e. The fourth-order valence-corrected chi connectivity index (χ4v) is 2.84. The molecular formula is C10H16N2O3S. The van der Waals surface area contributed by atoms with Crippen molar-refractivity contribution >= 4 is 23.6 Å². The number of carboxylic acids is 1. The number of amides is 1. The minimum absolute atomic E-state index is 0.0861. The Morgan fingerprint density at radius 1 is 1.50 bits per heavy atom. The quantitative estimate of drug-likeness (QED) is 0.650. The summed E-state index contributed by atoms with van der Waals surface area (Å²) >= 11 is 1.65. The Bertz CT molecular complexity index is 313. The second kappa shape index (κ2) is 4.25. The van der Waals surface area contributed by atoms with E-state index in [1.54, 1.807) is 18.7 Å². The zero-order valence-electron chi connectivity index (χ0n) is 9.16. The molecule has 0 spiro atoms. The van der Waals surface area contributed by atoms with E-state index in [1.807, 2.05) is 0 Å². The Morgan fingerprint density at radius 2 is 2.19 bits per heavy atom. The summed E-state index contributed by atoms with van der Waals surface area (Å²) in [6.07, 6.45) is 1.77. The van der Waals surface area contributed by atoms with Gasteiger partial charge in [-0.25, -0.2) is 4.79 Å². The molecule has 1 aliphatic heterocycles. The van der Waals surface area contributed by atoms with E-state index in [4.69, 9.17) is 0 Å². The van der Waals surface area contributed by atoms with Gasteiger partial charge in [0.25, 0.3) is 0 Å². The Balaban J connectivity index is 2.00. The minimum atomic E-state index is -1.09. The van der Waals surface area contributed by atoms with Crippen molar-refractivity contribution in [3.63, 3.8) is 0 Å². The number of thioether (sulfide) groups is 1. The van der Waals surface area contributed by atoms with Crippen LogP contribution in [-0.2, 0) is 9.59 Å². The average Bonchev–Trinajstić information content (AvgIpc) is 2.94. The summed E-state index contributed by atoms with van der Waals surface area (Å²) in [4.78, 5) is 23.1. The summed E-state index contributed by atoms with van der Waals surface area (Å²) in [6.45, 7) is 1.60. The zero-order chi connectivity index (χ0) is 11.8. The first-order chi connectivity index (χ1) is 7.54. The molecule has 0 bridgehead atoms. The van der Waals surface area contributed by atoms with Crippen LogP contribution in [0.3, 0.4) is 0 Å². The molecule has 1 heterocycles. The molecule has 1 saturated carbocycles. The van der Waals surface area contributed by atoms with Crippen molar-refractivity contribution in [1.82, 2.24) is 10.6 Å². The van der Waals surface area contributed by atoms with Gasteiger partial charge in [-0.3, -0.25) is 10.1 Å². The number of carboxylic acid groups (broad SMARTS) is 1. The maximum absolute atomic E-state index is 11.8. The van der Waals surface area contributed by atoms with Crippen LogP contribution in [0.15, 0.2) is 0 Å². The highest BCUT2D eigenvalue weighted by Crippen LogP contribution is 2.39. The number of aliphatic carboxylic acids is 1. The van der Waals surface area contributed by atoms with Crippen molar-refractivity contribution < 1.29 is 14.7 Å². The summed E-state index contributed by atoms with van der Waals surface area (Å²) in [5.41, 5.74) is -1.09. The predicted octanol–water partition coefficient (Wildman–Crippen LogP) is 0.0184. The van der Waals surface area contributed by atoms with Crippen LogP contribution in [0.25, 0.3) is 0 Å². The summed E-state index contributed by atoms with van der Waals surface area (Å²) in [7, 11) is 0. The molecule has 0 radical (unpaired) electrons. The lowest BCUT2D eigenvalue weighted by atomic mass is 9.95. The lowest BCUT2D eigenvalue weighted by molar-refractivity contribution is -0.148. The molecule has 5 nitrogen and oxygen atoms in total. The van der Waals surface area contributed by atoms with Crippen LogP contribution in [0.4, 0.5) is 0 Å². The van der Waals surface area contributed by atoms with Gasteiger partial charge in [0.15, 0.2) is 0 Å². The number of rotatable bonds is 4. The molecule has 1 saturated heterocycles. The predicted molar refractivity (Wildman–Crippen MR) is 61.2 cm³/mol. The van der Waals surface area contributed by atoms with Gasteiger partial charge in [0.05, 0.1) is 6.04 Å². The van der Waals surface area contributed by atoms with E-state index in [2.05, 4.69) is 10.6 Å². The number of hydrogen-bond donors (Lipinski definition) is 3. The molecule has 2 aliphatic rings. The van der Waals surface area contributed by atoms with Gasteiger partial charge in [0.2, 0.25) is 5.91 Å². The van der Waals surface area contributed by atoms with Crippen LogP contribution in [0, 0.1) is 5.92 Å². The van der Waals surface area contributed by atoms with Crippen LogP contribution >= 0.6 is 11.8 Å². The number of carbonyl (C=O) groups excluding carboxylic acids is 1. The highest BCUT2D eigenvalue weighted by atomic mass is 32.2. The van der Waals surface area contributed by atoms with E-state index >= 15 is 0 Å². The van der Waals surface area contributed by atoms with Crippen molar-refractivity contribution in [2.75, 3.05) is 11.6 Å². The second-order valence-corrected chi connectivity index (χ2v) is 5.57. The molecule has 1 amide bonds. The van der Waals surface area contributed by atoms with Crippen LogP contribution in [0.5, 0.6) is 0 Å². The van der Waals surface area contributed by atoms with Crippen LogP contribution < -0.4 is 10.6 Å². The van der Waals surface area contributed by atoms with E-state index in [-0.39, 0.29) is 17.9 Å². The highest BCUT2D eigenvalue weighted by Gasteiger charge is 2.49. The SMILES string of the molecule is CC(NC(=O)C1CSCN1)(C(=O)O)C1CC1. The van der Waals surface area contributed by atoms with Crippen molar-refractivity contribution in [3.05, 3.63) is 0 Å². The van der Waals surface area contributed by atoms with Gasteiger partial charge in [-0.1, -0.05) is 0 Å². The molecule has 0 aromatic rings. The van der Waals surface area contributed by atoms with Crippen molar-refractivity contribution in [2.24, 2.45) is 5.92 Å². The van der Waals surface area contributed by atoms with E-state index < -0.39 is 11.5 Å². The van der Waals surface area contributed by atoms with Gasteiger partial charge in [0, 0.05) is 11.6 Å². The molecule has 16 heavy (non-hydrogen) atoms. The molecule has 2 rings (SSSR count). The smallest absolute Gasteiger partial charge is 0.329 e. The highest BCUT2D eigenvalue weighted by molar-refractivity contribution is 7.99. The Morgan fingerprint density at radius 3 is 2.62 bits per heavy atom. The summed E-state index contributed by atoms with van der Waals surface area (Å²) in [5.74, 6) is 0.427. The number of carbonyl (C=O) groups is 2. The number of nitrogens with one attached hydrogen (secondary N) is 2. The third kappa shape index (κ3) is 2.17. The molecule has 2 fully saturated rings. The molecule has 3 N–H and O–H groups in total. The van der Waals surface area contributed by atoms with Crippen LogP contribution in [0.1, 0.15) is 19.8 Å². The van der Waals surface area contributed by atoms with Crippen LogP contribution in [0.2, 0.25) is 0 Å². The summed E-state index contributed by atoms with van der Waals surface area (Å²) in [5, 5.41) is 14.9. The first-order valence-electron chi connectivity index (χ1n) is 5.40. The largest absolute Gasteiger partial charge is 0.480 e. The van der Waals surface area contributed by atoms with E-state index in [9.17, 15) is 14.7 Å². The van der Waals surface area contributed by atoms with Gasteiger partial charge in [-0.05, 0) is 25.7 Å². The molecule has 2 unspecified atom stereocenters. The molecule has 90 valence electrons. The van der Waals surface area contributed by atoms with Gasteiger partial charge >= 0.3 is 5.97 Å². The molecule has 1 aliphatic carbocycles. The number of hydrogen-bond acceptors (Lipinski definition) is 4. The molecular weight excluding hydrogens is 228 g/mol. The first-order valence-corrected chi connectivity index (χ1v) is 6.56. The van der Waals surface area contributed by atoms with E-state index in [1.165, 1.54) is 0 Å². The Labute approximate surface area is 98.4 Å². The van der Waals surface area contributed by atoms with Gasteiger partial charge < -0.3 is 10.4 Å². The summed E-state index contributed by atoms with van der Waals surface area (Å²) in [6, 6.07) is -0.248. The third-order valence-corrected chi connectivity index (χ3v) is 4.19. The molecule has 6 heteroatoms. The third-order valence-electron chi connectivity index (χ3n) is 3.25. The zero-order valence-corrected chi connectivity index (χ0v) is 9.97. The lowest BCUT2D eigenvalue weighted by Crippen LogP contribution is -2.58. The van der Waals surface area contributed by atoms with E-state index in [0.29, 0.717) is 5.75 Å². The fraction of sp³-hybridized carbons (Fsp3) is 0.800. The monoisotopic (exact) mass is 244 g/mol. The first kappa shape index (κ1) is 11.7. The van der Waals surface area contributed by atoms with Crippen LogP contribution in [-0.4, -0.2) is 40.2 Å². The Kier molecular flexibility index (Phi) is 3.12.